The Kier molecular flexibility index (Phi) is 5.07. The first kappa shape index (κ1) is 18.6. The van der Waals surface area contributed by atoms with Gasteiger partial charge in [-0.25, -0.2) is 0 Å². The Bertz CT molecular complexity index is 582. The maximum Gasteiger partial charge on any atom is 0.252 e. The fourth-order valence-corrected chi connectivity index (χ4v) is 4.46. The molecule has 0 radical (unpaired) electrons. The lowest BCUT2D eigenvalue weighted by Gasteiger charge is -2.54. The largest absolute Gasteiger partial charge is 0.392 e. The summed E-state index contributed by atoms with van der Waals surface area (Å²) < 4.78 is 0. The second-order valence-corrected chi connectivity index (χ2v) is 7.33. The minimum Gasteiger partial charge on any atom is -0.392 e. The number of likely N-dealkylation sites (tertiary alicyclic amines) is 1. The number of carbonyl (C=O) groups excluding carboxylic acids is 3. The lowest BCUT2D eigenvalue weighted by atomic mass is 9.84. The molecular weight excluding hydrogens is 348 g/mol. The number of aliphatic hydroxyl groups excluding tert-OH is 1. The first-order chi connectivity index (χ1) is 11.5. The van der Waals surface area contributed by atoms with Crippen LogP contribution in [0, 0.1) is 0 Å². The van der Waals surface area contributed by atoms with E-state index in [-0.39, 0.29) is 30.1 Å². The van der Waals surface area contributed by atoms with Crippen LogP contribution in [0.4, 0.5) is 0 Å². The second-order valence-electron chi connectivity index (χ2n) is 7.33. The lowest BCUT2D eigenvalue weighted by Crippen LogP contribution is -2.81. The van der Waals surface area contributed by atoms with Gasteiger partial charge in [-0.05, 0) is 19.3 Å². The number of amides is 3. The number of fused-ring (bicyclic) bond motifs is 2. The van der Waals surface area contributed by atoms with Gasteiger partial charge in [-0.3, -0.25) is 24.2 Å². The van der Waals surface area contributed by atoms with Crippen molar-refractivity contribution in [3.63, 3.8) is 0 Å². The van der Waals surface area contributed by atoms with Crippen molar-refractivity contribution in [1.29, 1.82) is 0 Å². The standard InChI is InChI=1S/C16H24N4O4.ClH/c21-11-7-12-14(23)19(6-2-5-18-4-1-3-13(18)22)15(24)16(9-17-10-16)20(12)8-11;/h11-12,17,21H,1-10H2;1H/t11-,12+;/m1./s1. The van der Waals surface area contributed by atoms with Crippen LogP contribution < -0.4 is 5.32 Å². The summed E-state index contributed by atoms with van der Waals surface area (Å²) in [6, 6.07) is -0.395. The molecule has 25 heavy (non-hydrogen) atoms. The molecule has 4 aliphatic rings. The van der Waals surface area contributed by atoms with Gasteiger partial charge in [0.05, 0.1) is 12.1 Å². The molecule has 2 atom stereocenters. The molecule has 0 aromatic carbocycles. The quantitative estimate of drug-likeness (QED) is 0.588. The zero-order chi connectivity index (χ0) is 16.9. The number of imide groups is 1. The molecule has 0 aromatic heterocycles. The number of aliphatic hydroxyl groups is 1. The van der Waals surface area contributed by atoms with Gasteiger partial charge in [0, 0.05) is 45.7 Å². The average molecular weight is 373 g/mol. The number of hydrogen-bond acceptors (Lipinski definition) is 6. The highest BCUT2D eigenvalue weighted by molar-refractivity contribution is 6.06. The van der Waals surface area contributed by atoms with Crippen LogP contribution in [-0.2, 0) is 14.4 Å². The Morgan fingerprint density at radius 3 is 2.56 bits per heavy atom. The Hall–Kier alpha value is -1.22. The summed E-state index contributed by atoms with van der Waals surface area (Å²) in [6.07, 6.45) is 1.96. The number of halogens is 1. The Balaban J connectivity index is 0.00000182. The molecule has 4 fully saturated rings. The molecule has 0 aliphatic carbocycles. The summed E-state index contributed by atoms with van der Waals surface area (Å²) >= 11 is 0. The minimum atomic E-state index is -0.667. The van der Waals surface area contributed by atoms with E-state index in [4.69, 9.17) is 0 Å². The van der Waals surface area contributed by atoms with E-state index >= 15 is 0 Å². The fourth-order valence-electron chi connectivity index (χ4n) is 4.46. The average Bonchev–Trinajstić information content (AvgIpc) is 3.08. The third kappa shape index (κ3) is 2.85. The summed E-state index contributed by atoms with van der Waals surface area (Å²) in [6.45, 7) is 3.17. The van der Waals surface area contributed by atoms with E-state index in [2.05, 4.69) is 5.32 Å². The van der Waals surface area contributed by atoms with Crippen LogP contribution in [0.5, 0.6) is 0 Å². The number of rotatable bonds is 4. The first-order valence-corrected chi connectivity index (χ1v) is 8.82. The maximum atomic E-state index is 12.9. The van der Waals surface area contributed by atoms with Crippen LogP contribution in [0.25, 0.3) is 0 Å². The van der Waals surface area contributed by atoms with E-state index in [9.17, 15) is 19.5 Å². The second kappa shape index (κ2) is 6.83. The van der Waals surface area contributed by atoms with Crippen LogP contribution >= 0.6 is 12.4 Å². The van der Waals surface area contributed by atoms with Crippen molar-refractivity contribution in [2.24, 2.45) is 0 Å². The Morgan fingerprint density at radius 2 is 1.96 bits per heavy atom. The third-order valence-electron chi connectivity index (χ3n) is 5.84. The summed E-state index contributed by atoms with van der Waals surface area (Å²) in [4.78, 5) is 42.4. The van der Waals surface area contributed by atoms with Crippen LogP contribution in [0.15, 0.2) is 0 Å². The van der Waals surface area contributed by atoms with Crippen molar-refractivity contribution in [2.75, 3.05) is 39.3 Å². The normalized spacial score (nSPS) is 31.3. The van der Waals surface area contributed by atoms with Crippen LogP contribution in [0.2, 0.25) is 0 Å². The number of nitrogens with one attached hydrogen (secondary N) is 1. The highest BCUT2D eigenvalue weighted by Gasteiger charge is 2.61. The molecular formula is C16H25ClN4O4. The monoisotopic (exact) mass is 372 g/mol. The van der Waals surface area contributed by atoms with E-state index in [1.165, 1.54) is 4.90 Å². The number of piperazine rings is 1. The molecule has 4 heterocycles. The molecule has 1 spiro atoms. The van der Waals surface area contributed by atoms with Gasteiger partial charge in [-0.1, -0.05) is 0 Å². The topological polar surface area (TPSA) is 93.2 Å². The molecule has 0 saturated carbocycles. The van der Waals surface area contributed by atoms with Gasteiger partial charge >= 0.3 is 0 Å². The molecule has 0 unspecified atom stereocenters. The van der Waals surface area contributed by atoms with E-state index in [1.807, 2.05) is 9.80 Å². The van der Waals surface area contributed by atoms with Crippen molar-refractivity contribution in [3.05, 3.63) is 0 Å². The zero-order valence-electron chi connectivity index (χ0n) is 14.1. The summed E-state index contributed by atoms with van der Waals surface area (Å²) in [7, 11) is 0. The first-order valence-electron chi connectivity index (χ1n) is 8.82. The van der Waals surface area contributed by atoms with Crippen LogP contribution in [-0.4, -0.2) is 94.5 Å². The molecule has 4 rings (SSSR count). The molecule has 3 amide bonds. The molecule has 4 aliphatic heterocycles. The van der Waals surface area contributed by atoms with Crippen LogP contribution in [0.1, 0.15) is 25.7 Å². The van der Waals surface area contributed by atoms with Gasteiger partial charge in [-0.15, -0.1) is 12.4 Å². The van der Waals surface area contributed by atoms with E-state index in [0.717, 1.165) is 13.0 Å². The van der Waals surface area contributed by atoms with Gasteiger partial charge in [-0.2, -0.15) is 0 Å². The SMILES string of the molecule is Cl.O=C1CCCN1CCCN1C(=O)[C@@H]2C[C@@H](O)CN2C2(CNC2)C1=O. The van der Waals surface area contributed by atoms with Gasteiger partial charge in [0.15, 0.2) is 0 Å². The fraction of sp³-hybridized carbons (Fsp3) is 0.812. The smallest absolute Gasteiger partial charge is 0.252 e. The Morgan fingerprint density at radius 1 is 1.20 bits per heavy atom. The predicted molar refractivity (Wildman–Crippen MR) is 91.1 cm³/mol. The zero-order valence-corrected chi connectivity index (χ0v) is 15.0. The molecule has 4 saturated heterocycles. The van der Waals surface area contributed by atoms with Crippen molar-refractivity contribution in [1.82, 2.24) is 20.0 Å². The lowest BCUT2D eigenvalue weighted by molar-refractivity contribution is -0.170. The van der Waals surface area contributed by atoms with E-state index in [1.54, 1.807) is 0 Å². The highest BCUT2D eigenvalue weighted by Crippen LogP contribution is 2.37. The van der Waals surface area contributed by atoms with Gasteiger partial charge in [0.25, 0.3) is 5.91 Å². The molecule has 0 bridgehead atoms. The summed E-state index contributed by atoms with van der Waals surface area (Å²) in [5.74, 6) is -0.178. The number of β-amino-alcohol motifs (C(OH)–C–C–N with tert-alkyl or cyclic N) is 1. The number of nitrogens with zero attached hydrogens (tertiary/aromatic N) is 3. The molecule has 2 N–H and O–H groups in total. The number of carbonyl (C=O) groups is 3. The summed E-state index contributed by atoms with van der Waals surface area (Å²) in [5, 5.41) is 13.1. The van der Waals surface area contributed by atoms with Crippen molar-refractivity contribution < 1.29 is 19.5 Å². The van der Waals surface area contributed by atoms with Crippen molar-refractivity contribution in [3.8, 4) is 0 Å². The van der Waals surface area contributed by atoms with Gasteiger partial charge in [0.1, 0.15) is 5.54 Å². The van der Waals surface area contributed by atoms with Crippen LogP contribution in [0.3, 0.4) is 0 Å². The minimum absolute atomic E-state index is 0. The van der Waals surface area contributed by atoms with E-state index < -0.39 is 17.7 Å². The van der Waals surface area contributed by atoms with Gasteiger partial charge < -0.3 is 15.3 Å². The molecule has 8 nitrogen and oxygen atoms in total. The molecule has 9 heteroatoms. The van der Waals surface area contributed by atoms with Crippen molar-refractivity contribution >= 4 is 30.1 Å². The molecule has 140 valence electrons. The van der Waals surface area contributed by atoms with E-state index in [0.29, 0.717) is 52.0 Å². The predicted octanol–water partition coefficient (Wildman–Crippen LogP) is -1.43. The molecule has 0 aromatic rings. The maximum absolute atomic E-state index is 12.9. The van der Waals surface area contributed by atoms with Gasteiger partial charge in [0.2, 0.25) is 11.8 Å². The number of hydrogen-bond donors (Lipinski definition) is 2. The highest BCUT2D eigenvalue weighted by atomic mass is 35.5. The Labute approximate surface area is 152 Å². The summed E-state index contributed by atoms with van der Waals surface area (Å²) in [5.41, 5.74) is -0.667. The van der Waals surface area contributed by atoms with Crippen molar-refractivity contribution in [2.45, 2.75) is 43.4 Å². The third-order valence-corrected chi connectivity index (χ3v) is 5.84.